The molecule has 13 nitrogen and oxygen atoms in total. The number of carbonyl (C=O) groups excluding carboxylic acids is 4. The summed E-state index contributed by atoms with van der Waals surface area (Å²) in [5, 5.41) is 10.2. The van der Waals surface area contributed by atoms with Crippen LogP contribution in [0.5, 0.6) is 0 Å². The van der Waals surface area contributed by atoms with E-state index in [1.54, 1.807) is 19.1 Å². The van der Waals surface area contributed by atoms with Crippen LogP contribution in [-0.2, 0) is 23.9 Å². The number of esters is 1. The third-order valence-electron chi connectivity index (χ3n) is 6.06. The number of halogens is 1. The lowest BCUT2D eigenvalue weighted by molar-refractivity contribution is -0.149. The van der Waals surface area contributed by atoms with Gasteiger partial charge in [-0.2, -0.15) is 0 Å². The molecule has 1 saturated heterocycles. The number of hydrogen-bond donors (Lipinski definition) is 2. The second-order valence-corrected chi connectivity index (χ2v) is 8.71. The minimum atomic E-state index is -0.957. The Hall–Kier alpha value is -4.46. The van der Waals surface area contributed by atoms with Crippen molar-refractivity contribution in [3.63, 3.8) is 0 Å². The first kappa shape index (κ1) is 27.6. The molecule has 0 saturated carbocycles. The predicted octanol–water partition coefficient (Wildman–Crippen LogP) is 2.50. The molecule has 0 aliphatic carbocycles. The van der Waals surface area contributed by atoms with Gasteiger partial charge in [0.05, 0.1) is 18.3 Å². The zero-order valence-electron chi connectivity index (χ0n) is 21.3. The Labute approximate surface area is 222 Å². The van der Waals surface area contributed by atoms with E-state index in [1.807, 2.05) is 0 Å². The van der Waals surface area contributed by atoms with Crippen LogP contribution in [0.3, 0.4) is 0 Å². The number of ether oxygens (including phenoxy) is 2. The number of amides is 2. The van der Waals surface area contributed by atoms with Gasteiger partial charge in [0.15, 0.2) is 11.6 Å². The Morgan fingerprint density at radius 3 is 2.77 bits per heavy atom. The fraction of sp³-hybridized carbons (Fsp3) is 0.400. The minimum Gasteiger partial charge on any atom is -0.465 e. The molecule has 2 unspecified atom stereocenters. The summed E-state index contributed by atoms with van der Waals surface area (Å²) in [5.74, 6) is -1.05. The lowest BCUT2D eigenvalue weighted by Crippen LogP contribution is -2.46. The van der Waals surface area contributed by atoms with Crippen molar-refractivity contribution in [3.05, 3.63) is 48.0 Å². The number of nitrogens with zero attached hydrogens (tertiary/aromatic N) is 3. The van der Waals surface area contributed by atoms with Crippen molar-refractivity contribution >= 4 is 41.0 Å². The topological polar surface area (TPSA) is 153 Å². The van der Waals surface area contributed by atoms with E-state index in [0.717, 1.165) is 0 Å². The van der Waals surface area contributed by atoms with Crippen molar-refractivity contribution < 1.29 is 42.4 Å². The number of hydrogen-bond acceptors (Lipinski definition) is 11. The first-order valence-electron chi connectivity index (χ1n) is 12.3. The summed E-state index contributed by atoms with van der Waals surface area (Å²) < 4.78 is 30.0. The highest BCUT2D eigenvalue weighted by atomic mass is 19.1. The molecule has 14 heteroatoms. The highest BCUT2D eigenvalue weighted by molar-refractivity contribution is 5.91. The number of Topliss-reactive ketones (excluding diaryl/α,β-unsaturated/α-hetero) is 1. The molecule has 0 spiro atoms. The summed E-state index contributed by atoms with van der Waals surface area (Å²) >= 11 is 0. The number of hydroxylamine groups is 2. The van der Waals surface area contributed by atoms with Crippen molar-refractivity contribution in [2.45, 2.75) is 32.4 Å². The quantitative estimate of drug-likeness (QED) is 0.424. The van der Waals surface area contributed by atoms with Gasteiger partial charge in [-0.3, -0.25) is 14.5 Å². The molecule has 2 aliphatic rings. The van der Waals surface area contributed by atoms with Crippen molar-refractivity contribution in [2.24, 2.45) is 0 Å². The number of rotatable bonds is 10. The van der Waals surface area contributed by atoms with Gasteiger partial charge in [0, 0.05) is 24.7 Å². The molecular formula is C25H28FN5O8. The monoisotopic (exact) mass is 545 g/mol. The molecule has 3 heterocycles. The number of cyclic esters (lactones) is 1. The molecule has 2 N–H and O–H groups in total. The average molecular weight is 546 g/mol. The highest BCUT2D eigenvalue weighted by Gasteiger charge is 2.35. The number of ketones is 1. The summed E-state index contributed by atoms with van der Waals surface area (Å²) in [6.45, 7) is 3.27. The number of benzene rings is 1. The SMILES string of the molecule is CCOC(=O)CNC(=O)ON1CCC(c2ccc(N3C(=O)OCC3CNc3ccon3)cc2F)=CC1C(C)=O. The summed E-state index contributed by atoms with van der Waals surface area (Å²) in [5.41, 5.74) is 1.11. The molecule has 1 fully saturated rings. The zero-order valence-corrected chi connectivity index (χ0v) is 21.3. The number of carbonyl (C=O) groups is 4. The third-order valence-corrected chi connectivity index (χ3v) is 6.06. The van der Waals surface area contributed by atoms with E-state index >= 15 is 4.39 Å². The van der Waals surface area contributed by atoms with E-state index < -0.39 is 36.1 Å². The van der Waals surface area contributed by atoms with Crippen LogP contribution in [0.15, 0.2) is 41.1 Å². The Kier molecular flexibility index (Phi) is 8.76. The fourth-order valence-electron chi connectivity index (χ4n) is 4.24. The van der Waals surface area contributed by atoms with E-state index in [4.69, 9.17) is 18.8 Å². The van der Waals surface area contributed by atoms with Crippen LogP contribution in [0.1, 0.15) is 25.8 Å². The van der Waals surface area contributed by atoms with Gasteiger partial charge in [-0.1, -0.05) is 11.2 Å². The second-order valence-electron chi connectivity index (χ2n) is 8.71. The lowest BCUT2D eigenvalue weighted by Gasteiger charge is -2.31. The van der Waals surface area contributed by atoms with Crippen LogP contribution in [0.4, 0.5) is 25.5 Å². The average Bonchev–Trinajstić information content (AvgIpc) is 3.56. The van der Waals surface area contributed by atoms with Gasteiger partial charge in [-0.15, -0.1) is 5.06 Å². The van der Waals surface area contributed by atoms with Gasteiger partial charge in [0.1, 0.15) is 31.3 Å². The smallest absolute Gasteiger partial charge is 0.426 e. The largest absolute Gasteiger partial charge is 0.465 e. The molecule has 1 aromatic carbocycles. The zero-order chi connectivity index (χ0) is 27.9. The van der Waals surface area contributed by atoms with Crippen LogP contribution in [0.25, 0.3) is 5.57 Å². The van der Waals surface area contributed by atoms with Crippen molar-refractivity contribution in [1.82, 2.24) is 15.5 Å². The summed E-state index contributed by atoms with van der Waals surface area (Å²) in [6, 6.07) is 4.64. The van der Waals surface area contributed by atoms with Gasteiger partial charge in [-0.05, 0) is 44.0 Å². The Morgan fingerprint density at radius 1 is 1.26 bits per heavy atom. The third kappa shape index (κ3) is 6.71. The normalized spacial score (nSPS) is 19.2. The number of anilines is 2. The van der Waals surface area contributed by atoms with Crippen LogP contribution in [0, 0.1) is 5.82 Å². The molecule has 39 heavy (non-hydrogen) atoms. The lowest BCUT2D eigenvalue weighted by atomic mass is 9.94. The maximum absolute atomic E-state index is 15.3. The van der Waals surface area contributed by atoms with Gasteiger partial charge in [0.25, 0.3) is 0 Å². The maximum Gasteiger partial charge on any atom is 0.426 e. The second kappa shape index (κ2) is 12.4. The summed E-state index contributed by atoms with van der Waals surface area (Å²) in [6.07, 6.45) is 1.68. The molecule has 2 amide bonds. The van der Waals surface area contributed by atoms with E-state index in [1.165, 1.54) is 41.4 Å². The van der Waals surface area contributed by atoms with Crippen LogP contribution in [0.2, 0.25) is 0 Å². The summed E-state index contributed by atoms with van der Waals surface area (Å²) in [7, 11) is 0. The van der Waals surface area contributed by atoms with E-state index in [0.29, 0.717) is 23.6 Å². The van der Waals surface area contributed by atoms with E-state index in [2.05, 4.69) is 15.8 Å². The molecule has 0 radical (unpaired) electrons. The Balaban J connectivity index is 1.44. The van der Waals surface area contributed by atoms with E-state index in [9.17, 15) is 19.2 Å². The first-order chi connectivity index (χ1) is 18.8. The Bertz CT molecular complexity index is 1250. The van der Waals surface area contributed by atoms with Gasteiger partial charge in [0.2, 0.25) is 0 Å². The van der Waals surface area contributed by atoms with Crippen molar-refractivity contribution in [1.29, 1.82) is 0 Å². The molecule has 2 atom stereocenters. The van der Waals surface area contributed by atoms with Gasteiger partial charge in [-0.25, -0.2) is 14.0 Å². The molecule has 0 bridgehead atoms. The fourth-order valence-corrected chi connectivity index (χ4v) is 4.24. The molecular weight excluding hydrogens is 517 g/mol. The molecule has 4 rings (SSSR count). The number of aromatic nitrogens is 1. The molecule has 2 aromatic rings. The predicted molar refractivity (Wildman–Crippen MR) is 134 cm³/mol. The van der Waals surface area contributed by atoms with E-state index in [-0.39, 0.29) is 44.1 Å². The van der Waals surface area contributed by atoms with Crippen LogP contribution >= 0.6 is 0 Å². The maximum atomic E-state index is 15.3. The highest BCUT2D eigenvalue weighted by Crippen LogP contribution is 2.32. The standard InChI is InChI=1S/C25H28FN5O8/c1-3-36-23(33)13-28-24(34)39-30-8-6-16(10-21(30)15(2)32)19-5-4-17(11-20(19)26)31-18(14-37-25(31)35)12-27-22-7-9-38-29-22/h4-5,7,9-11,18,21H,3,6,8,12-14H2,1-2H3,(H,27,29)(H,28,34). The Morgan fingerprint density at radius 2 is 2.08 bits per heavy atom. The molecule has 2 aliphatic heterocycles. The molecule has 208 valence electrons. The van der Waals surface area contributed by atoms with Crippen LogP contribution in [-0.4, -0.2) is 79.1 Å². The summed E-state index contributed by atoms with van der Waals surface area (Å²) in [4.78, 5) is 54.8. The first-order valence-corrected chi connectivity index (χ1v) is 12.3. The van der Waals surface area contributed by atoms with Gasteiger partial charge >= 0.3 is 18.2 Å². The van der Waals surface area contributed by atoms with Crippen LogP contribution < -0.4 is 15.5 Å². The molecule has 1 aromatic heterocycles. The number of nitrogens with one attached hydrogen (secondary N) is 2. The van der Waals surface area contributed by atoms with Crippen molar-refractivity contribution in [3.8, 4) is 0 Å². The van der Waals surface area contributed by atoms with Gasteiger partial charge < -0.3 is 29.5 Å². The minimum absolute atomic E-state index is 0.109. The van der Waals surface area contributed by atoms with Crippen molar-refractivity contribution in [2.75, 3.05) is 43.1 Å².